The Labute approximate surface area is 242 Å². The average molecular weight is 573 g/mol. The van der Waals surface area contributed by atoms with Gasteiger partial charge >= 0.3 is 0 Å². The fourth-order valence-corrected chi connectivity index (χ4v) is 3.69. The second-order valence-electron chi connectivity index (χ2n) is 9.04. The van der Waals surface area contributed by atoms with Crippen LogP contribution in [0.5, 0.6) is 0 Å². The van der Waals surface area contributed by atoms with Gasteiger partial charge in [0, 0.05) is 45.8 Å². The summed E-state index contributed by atoms with van der Waals surface area (Å²) in [5, 5.41) is 12.5. The van der Waals surface area contributed by atoms with Crippen LogP contribution < -0.4 is 10.6 Å². The van der Waals surface area contributed by atoms with Crippen LogP contribution in [-0.2, 0) is 20.8 Å². The lowest BCUT2D eigenvalue weighted by Gasteiger charge is -2.12. The molecule has 1 aliphatic heterocycles. The van der Waals surface area contributed by atoms with Crippen molar-refractivity contribution in [1.29, 1.82) is 0 Å². The van der Waals surface area contributed by atoms with E-state index in [1.54, 1.807) is 12.2 Å². The molecule has 2 aromatic carbocycles. The number of nitrogens with zero attached hydrogens (tertiary/aromatic N) is 4. The van der Waals surface area contributed by atoms with Gasteiger partial charge in [-0.3, -0.25) is 9.63 Å². The highest BCUT2D eigenvalue weighted by Crippen LogP contribution is 2.23. The van der Waals surface area contributed by atoms with Crippen molar-refractivity contribution in [3.05, 3.63) is 77.5 Å². The zero-order valence-electron chi connectivity index (χ0n) is 24.5. The number of nitrogens with one attached hydrogen (secondary N) is 2. The van der Waals surface area contributed by atoms with E-state index in [0.29, 0.717) is 19.6 Å². The van der Waals surface area contributed by atoms with Gasteiger partial charge in [-0.15, -0.1) is 12.8 Å². The van der Waals surface area contributed by atoms with Gasteiger partial charge in [0.2, 0.25) is 6.41 Å². The number of aromatic nitrogens is 2. The summed E-state index contributed by atoms with van der Waals surface area (Å²) in [6.07, 6.45) is 9.67. The van der Waals surface area contributed by atoms with Gasteiger partial charge in [0.05, 0.1) is 30.6 Å². The van der Waals surface area contributed by atoms with Crippen LogP contribution in [0, 0.1) is 31.4 Å². The number of para-hydroxylation sites is 1. The van der Waals surface area contributed by atoms with Crippen molar-refractivity contribution in [2.75, 3.05) is 66.4 Å². The fourth-order valence-electron chi connectivity index (χ4n) is 3.69. The molecule has 0 saturated carbocycles. The Morgan fingerprint density at radius 3 is 2.24 bits per heavy atom. The van der Waals surface area contributed by atoms with Crippen molar-refractivity contribution < 1.29 is 23.1 Å². The van der Waals surface area contributed by atoms with E-state index in [9.17, 15) is 13.6 Å². The maximum absolute atomic E-state index is 11.9. The fraction of sp³-hybridized carbons (Fsp3) is 0.400. The third-order valence-corrected chi connectivity index (χ3v) is 5.81. The van der Waals surface area contributed by atoms with E-state index in [-0.39, 0.29) is 6.04 Å². The van der Waals surface area contributed by atoms with E-state index in [1.807, 2.05) is 29.9 Å². The average Bonchev–Trinajstić information content (AvgIpc) is 3.58. The highest BCUT2D eigenvalue weighted by molar-refractivity contribution is 5.52. The molecular weight excluding hydrogens is 530 g/mol. The first-order valence-electron chi connectivity index (χ1n) is 13.1. The molecule has 0 bridgehead atoms. The predicted molar refractivity (Wildman–Crippen MR) is 159 cm³/mol. The summed E-state index contributed by atoms with van der Waals surface area (Å²) in [5.74, 6) is -0.528. The number of hydroxylamine groups is 2. The largest absolute Gasteiger partial charge is 0.383 e. The summed E-state index contributed by atoms with van der Waals surface area (Å²) in [5.41, 5.74) is 3.47. The normalized spacial score (nSPS) is 14.0. The predicted octanol–water partition coefficient (Wildman–Crippen LogP) is 3.54. The Hall–Kier alpha value is -3.82. The summed E-state index contributed by atoms with van der Waals surface area (Å²) in [7, 11) is 7.77. The third kappa shape index (κ3) is 12.5. The number of anilines is 1. The third-order valence-electron chi connectivity index (χ3n) is 5.81. The molecule has 1 aliphatic rings. The lowest BCUT2D eigenvalue weighted by atomic mass is 10.2. The van der Waals surface area contributed by atoms with Crippen molar-refractivity contribution in [2.45, 2.75) is 19.4 Å². The van der Waals surface area contributed by atoms with Crippen LogP contribution in [0.1, 0.15) is 11.3 Å². The zero-order valence-corrected chi connectivity index (χ0v) is 24.5. The Morgan fingerprint density at radius 2 is 1.73 bits per heavy atom. The van der Waals surface area contributed by atoms with Crippen LogP contribution in [0.4, 0.5) is 14.6 Å². The maximum Gasteiger partial charge on any atom is 0.207 e. The smallest absolute Gasteiger partial charge is 0.207 e. The minimum atomic E-state index is -0.799. The number of rotatable bonds is 10. The van der Waals surface area contributed by atoms with Gasteiger partial charge in [-0.1, -0.05) is 30.3 Å². The van der Waals surface area contributed by atoms with E-state index in [1.165, 1.54) is 17.7 Å². The molecule has 4 rings (SSSR count). The first-order valence-corrected chi connectivity index (χ1v) is 13.1. The van der Waals surface area contributed by atoms with Crippen molar-refractivity contribution in [3.8, 4) is 18.5 Å². The minimum absolute atomic E-state index is 0.124. The second-order valence-corrected chi connectivity index (χ2v) is 9.04. The van der Waals surface area contributed by atoms with Crippen molar-refractivity contribution >= 4 is 12.2 Å². The van der Waals surface area contributed by atoms with Gasteiger partial charge < -0.3 is 20.3 Å². The van der Waals surface area contributed by atoms with Crippen LogP contribution in [-0.4, -0.2) is 93.3 Å². The molecule has 1 amide bonds. The molecule has 11 heteroatoms. The van der Waals surface area contributed by atoms with Crippen LogP contribution in [0.2, 0.25) is 0 Å². The molecule has 1 unspecified atom stereocenters. The van der Waals surface area contributed by atoms with Gasteiger partial charge in [0.15, 0.2) is 11.6 Å². The van der Waals surface area contributed by atoms with E-state index >= 15 is 0 Å². The Balaban J connectivity index is 0.000000326. The number of terminal acetylenes is 1. The molecule has 1 fully saturated rings. The second kappa shape index (κ2) is 20.1. The Morgan fingerprint density at radius 1 is 1.12 bits per heavy atom. The summed E-state index contributed by atoms with van der Waals surface area (Å²) >= 11 is 0. The number of hydrogen-bond donors (Lipinski definition) is 2. The van der Waals surface area contributed by atoms with Crippen molar-refractivity contribution in [1.82, 2.24) is 25.1 Å². The lowest BCUT2D eigenvalue weighted by Crippen LogP contribution is -2.33. The van der Waals surface area contributed by atoms with Crippen molar-refractivity contribution in [2.24, 2.45) is 0 Å². The molecule has 224 valence electrons. The van der Waals surface area contributed by atoms with Gasteiger partial charge in [0.1, 0.15) is 5.82 Å². The maximum atomic E-state index is 11.9. The molecule has 3 aromatic rings. The molecule has 0 aliphatic carbocycles. The number of carbonyl (C=O) groups excluding carboxylic acids is 1. The number of halogens is 2. The van der Waals surface area contributed by atoms with Gasteiger partial charge in [-0.2, -0.15) is 10.2 Å². The molecule has 2 heterocycles. The molecular formula is C30H42F2N6O3. The number of amides is 1. The summed E-state index contributed by atoms with van der Waals surface area (Å²) in [6.45, 7) is 5.82. The van der Waals surface area contributed by atoms with Crippen LogP contribution in [0.25, 0.3) is 5.69 Å². The Bertz CT molecular complexity index is 1140. The number of benzene rings is 2. The number of ether oxygens (including phenoxy) is 1. The molecule has 0 radical (unpaired) electrons. The lowest BCUT2D eigenvalue weighted by molar-refractivity contribution is -0.118. The standard InChI is InChI=1S/C15H22N4.C7H14N2O3.C6H4F2.C2H2/c1-12-14(10-11-18(3)4)17-19(15(12)16-2)13-8-6-5-7-9-13;1-11-3-2-9-4-7(5-12-9)8-6-10;7-5-3-1-2-4-6(5)8;1-2/h5-9,16H,10-11H2,1-4H3;6-7H,2-5H2,1H3,(H,8,10);1-4H;1-2H. The SMILES string of the molecule is C#C.CNc1c(C)c(CCN(C)C)nn1-c1ccccc1.COCCN1CC(NC=O)CO1.Fc1ccccc1F. The van der Waals surface area contributed by atoms with Crippen LogP contribution >= 0.6 is 0 Å². The molecule has 9 nitrogen and oxygen atoms in total. The number of hydrogen-bond acceptors (Lipinski definition) is 7. The van der Waals surface area contributed by atoms with Crippen LogP contribution in [0.15, 0.2) is 54.6 Å². The van der Waals surface area contributed by atoms with Gasteiger partial charge in [0.25, 0.3) is 0 Å². The summed E-state index contributed by atoms with van der Waals surface area (Å²) in [6, 6.07) is 15.4. The molecule has 0 spiro atoms. The molecule has 1 aromatic heterocycles. The first-order chi connectivity index (χ1) is 19.8. The highest BCUT2D eigenvalue weighted by atomic mass is 19.2. The molecule has 1 saturated heterocycles. The zero-order chi connectivity index (χ0) is 30.6. The van der Waals surface area contributed by atoms with Crippen molar-refractivity contribution in [3.63, 3.8) is 0 Å². The molecule has 2 N–H and O–H groups in total. The number of carbonyl (C=O) groups is 1. The van der Waals surface area contributed by atoms with Gasteiger partial charge in [-0.25, -0.2) is 13.5 Å². The summed E-state index contributed by atoms with van der Waals surface area (Å²) in [4.78, 5) is 17.5. The first kappa shape index (κ1) is 35.2. The quantitative estimate of drug-likeness (QED) is 0.284. The summed E-state index contributed by atoms with van der Waals surface area (Å²) < 4.78 is 30.8. The van der Waals surface area contributed by atoms with E-state index < -0.39 is 11.6 Å². The number of likely N-dealkylation sites (N-methyl/N-ethyl adjacent to an activating group) is 1. The monoisotopic (exact) mass is 572 g/mol. The van der Waals surface area contributed by atoms with E-state index in [4.69, 9.17) is 14.7 Å². The minimum Gasteiger partial charge on any atom is -0.383 e. The van der Waals surface area contributed by atoms with Gasteiger partial charge in [-0.05, 0) is 45.3 Å². The highest BCUT2D eigenvalue weighted by Gasteiger charge is 2.22. The topological polar surface area (TPSA) is 83.9 Å². The van der Waals surface area contributed by atoms with E-state index in [0.717, 1.165) is 55.4 Å². The van der Waals surface area contributed by atoms with Crippen LogP contribution in [0.3, 0.4) is 0 Å². The Kier molecular flexibility index (Phi) is 17.3. The molecule has 41 heavy (non-hydrogen) atoms. The number of methoxy groups -OCH3 is 1. The van der Waals surface area contributed by atoms with E-state index in [2.05, 4.69) is 61.5 Å². The molecule has 1 atom stereocenters.